The van der Waals surface area contributed by atoms with Crippen LogP contribution in [-0.2, 0) is 6.42 Å². The van der Waals surface area contributed by atoms with Gasteiger partial charge in [-0.25, -0.2) is 9.97 Å². The molecule has 1 atom stereocenters. The maximum Gasteiger partial charge on any atom is 0.138 e. The molecule has 1 unspecified atom stereocenters. The van der Waals surface area contributed by atoms with E-state index in [1.807, 2.05) is 19.1 Å². The van der Waals surface area contributed by atoms with Crippen LogP contribution in [0.5, 0.6) is 5.75 Å². The van der Waals surface area contributed by atoms with Gasteiger partial charge in [0, 0.05) is 24.7 Å². The Kier molecular flexibility index (Phi) is 5.87. The quantitative estimate of drug-likeness (QED) is 0.727. The summed E-state index contributed by atoms with van der Waals surface area (Å²) in [5.41, 5.74) is 2.22. The number of methoxy groups -OCH3 is 1. The van der Waals surface area contributed by atoms with Crippen LogP contribution in [-0.4, -0.2) is 29.7 Å². The first-order valence-electron chi connectivity index (χ1n) is 9.31. The molecule has 0 spiro atoms. The molecule has 2 aromatic rings. The van der Waals surface area contributed by atoms with Gasteiger partial charge in [-0.05, 0) is 37.8 Å². The molecule has 26 heavy (non-hydrogen) atoms. The highest BCUT2D eigenvalue weighted by Crippen LogP contribution is 2.42. The number of halogens is 1. The minimum atomic E-state index is 0.431. The van der Waals surface area contributed by atoms with Gasteiger partial charge in [-0.1, -0.05) is 31.9 Å². The molecule has 1 aliphatic rings. The van der Waals surface area contributed by atoms with E-state index in [4.69, 9.17) is 16.3 Å². The van der Waals surface area contributed by atoms with Crippen molar-refractivity contribution in [2.75, 3.05) is 23.9 Å². The summed E-state index contributed by atoms with van der Waals surface area (Å²) in [5, 5.41) is 4.25. The summed E-state index contributed by atoms with van der Waals surface area (Å²) >= 11 is 6.55. The third kappa shape index (κ3) is 3.88. The third-order valence-electron chi connectivity index (χ3n) is 4.81. The first-order valence-corrected chi connectivity index (χ1v) is 9.69. The van der Waals surface area contributed by atoms with Crippen molar-refractivity contribution in [3.8, 4) is 5.75 Å². The van der Waals surface area contributed by atoms with Gasteiger partial charge in [0.05, 0.1) is 17.8 Å². The van der Waals surface area contributed by atoms with Crippen molar-refractivity contribution >= 4 is 28.9 Å². The van der Waals surface area contributed by atoms with Gasteiger partial charge in [-0.2, -0.15) is 0 Å². The lowest BCUT2D eigenvalue weighted by Crippen LogP contribution is -2.21. The van der Waals surface area contributed by atoms with Crippen LogP contribution in [0.15, 0.2) is 18.2 Å². The van der Waals surface area contributed by atoms with Crippen LogP contribution >= 0.6 is 11.6 Å². The zero-order valence-electron chi connectivity index (χ0n) is 16.0. The molecule has 3 rings (SSSR count). The predicted octanol–water partition coefficient (Wildman–Crippen LogP) is 5.13. The second-order valence-corrected chi connectivity index (χ2v) is 7.12. The molecule has 6 heteroatoms. The number of rotatable bonds is 7. The Bertz CT molecular complexity index is 781. The summed E-state index contributed by atoms with van der Waals surface area (Å²) in [4.78, 5) is 11.4. The first kappa shape index (κ1) is 18.8. The van der Waals surface area contributed by atoms with Crippen molar-refractivity contribution in [2.45, 2.75) is 52.5 Å². The lowest BCUT2D eigenvalue weighted by molar-refractivity contribution is 0.414. The van der Waals surface area contributed by atoms with Gasteiger partial charge < -0.3 is 15.0 Å². The molecule has 5 nitrogen and oxygen atoms in total. The van der Waals surface area contributed by atoms with Crippen LogP contribution in [0.3, 0.4) is 0 Å². The van der Waals surface area contributed by atoms with Gasteiger partial charge in [0.15, 0.2) is 0 Å². The second-order valence-electron chi connectivity index (χ2n) is 6.72. The summed E-state index contributed by atoms with van der Waals surface area (Å²) in [6, 6.07) is 6.38. The van der Waals surface area contributed by atoms with E-state index in [2.05, 4.69) is 40.1 Å². The maximum absolute atomic E-state index is 6.55. The van der Waals surface area contributed by atoms with Crippen LogP contribution in [0.4, 0.5) is 17.3 Å². The monoisotopic (exact) mass is 374 g/mol. The fourth-order valence-corrected chi connectivity index (χ4v) is 3.84. The number of nitrogens with zero attached hydrogens (tertiary/aromatic N) is 3. The standard InChI is InChI=1S/C20H27ClN4O/c1-5-7-15(6-2)24-18-12-19(23-13(3)22-18)25-9-8-14-10-16(26-4)11-17(21)20(14)25/h10-12,15H,5-9H2,1-4H3,(H,22,23,24). The van der Waals surface area contributed by atoms with E-state index in [9.17, 15) is 0 Å². The molecule has 0 aliphatic carbocycles. The van der Waals surface area contributed by atoms with E-state index in [0.717, 1.165) is 61.1 Å². The van der Waals surface area contributed by atoms with Gasteiger partial charge in [-0.3, -0.25) is 0 Å². The van der Waals surface area contributed by atoms with E-state index in [1.165, 1.54) is 5.56 Å². The van der Waals surface area contributed by atoms with E-state index in [0.29, 0.717) is 11.1 Å². The Hall–Kier alpha value is -2.01. The Morgan fingerprint density at radius 2 is 2.08 bits per heavy atom. The maximum atomic E-state index is 6.55. The molecule has 0 radical (unpaired) electrons. The van der Waals surface area contributed by atoms with Gasteiger partial charge in [0.1, 0.15) is 23.2 Å². The van der Waals surface area contributed by atoms with Gasteiger partial charge >= 0.3 is 0 Å². The van der Waals surface area contributed by atoms with Crippen molar-refractivity contribution in [3.63, 3.8) is 0 Å². The van der Waals surface area contributed by atoms with Gasteiger partial charge in [0.2, 0.25) is 0 Å². The van der Waals surface area contributed by atoms with Crippen LogP contribution < -0.4 is 15.0 Å². The van der Waals surface area contributed by atoms with Gasteiger partial charge in [-0.15, -0.1) is 0 Å². The van der Waals surface area contributed by atoms with Crippen molar-refractivity contribution in [1.82, 2.24) is 9.97 Å². The van der Waals surface area contributed by atoms with Gasteiger partial charge in [0.25, 0.3) is 0 Å². The van der Waals surface area contributed by atoms with Crippen LogP contribution in [0, 0.1) is 6.92 Å². The zero-order chi connectivity index (χ0) is 18.7. The van der Waals surface area contributed by atoms with Crippen LogP contribution in [0.2, 0.25) is 5.02 Å². The Balaban J connectivity index is 1.92. The molecule has 2 heterocycles. The molecule has 1 N–H and O–H groups in total. The Labute approximate surface area is 160 Å². The zero-order valence-corrected chi connectivity index (χ0v) is 16.7. The number of fused-ring (bicyclic) bond motifs is 1. The average Bonchev–Trinajstić information content (AvgIpc) is 3.05. The number of aromatic nitrogens is 2. The predicted molar refractivity (Wildman–Crippen MR) is 108 cm³/mol. The lowest BCUT2D eigenvalue weighted by Gasteiger charge is -2.22. The molecule has 0 bridgehead atoms. The molecule has 0 saturated heterocycles. The van der Waals surface area contributed by atoms with Crippen molar-refractivity contribution in [3.05, 3.63) is 34.6 Å². The fourth-order valence-electron chi connectivity index (χ4n) is 3.51. The van der Waals surface area contributed by atoms with Crippen molar-refractivity contribution in [1.29, 1.82) is 0 Å². The fraction of sp³-hybridized carbons (Fsp3) is 0.500. The van der Waals surface area contributed by atoms with Crippen molar-refractivity contribution < 1.29 is 4.74 Å². The molecule has 0 amide bonds. The van der Waals surface area contributed by atoms with Crippen LogP contribution in [0.25, 0.3) is 0 Å². The lowest BCUT2D eigenvalue weighted by atomic mass is 10.1. The number of hydrogen-bond acceptors (Lipinski definition) is 5. The molecule has 0 saturated carbocycles. The molecule has 1 aromatic carbocycles. The third-order valence-corrected chi connectivity index (χ3v) is 5.10. The number of nitrogens with one attached hydrogen (secondary N) is 1. The van der Waals surface area contributed by atoms with Crippen LogP contribution in [0.1, 0.15) is 44.5 Å². The second kappa shape index (κ2) is 8.12. The molecular weight excluding hydrogens is 348 g/mol. The van der Waals surface area contributed by atoms with Crippen molar-refractivity contribution in [2.24, 2.45) is 0 Å². The molecule has 1 aromatic heterocycles. The summed E-state index contributed by atoms with van der Waals surface area (Å²) in [6.45, 7) is 7.19. The summed E-state index contributed by atoms with van der Waals surface area (Å²) in [7, 11) is 1.66. The highest BCUT2D eigenvalue weighted by molar-refractivity contribution is 6.33. The minimum Gasteiger partial charge on any atom is -0.497 e. The number of hydrogen-bond donors (Lipinski definition) is 1. The number of anilines is 3. The normalized spacial score (nSPS) is 14.3. The largest absolute Gasteiger partial charge is 0.497 e. The Morgan fingerprint density at radius 3 is 2.77 bits per heavy atom. The smallest absolute Gasteiger partial charge is 0.138 e. The number of aryl methyl sites for hydroxylation is 1. The number of ether oxygens (including phenoxy) is 1. The topological polar surface area (TPSA) is 50.3 Å². The highest BCUT2D eigenvalue weighted by Gasteiger charge is 2.26. The summed E-state index contributed by atoms with van der Waals surface area (Å²) in [5.74, 6) is 3.32. The van der Waals surface area contributed by atoms with E-state index < -0.39 is 0 Å². The molecule has 1 aliphatic heterocycles. The summed E-state index contributed by atoms with van der Waals surface area (Å²) in [6.07, 6.45) is 4.28. The van der Waals surface area contributed by atoms with E-state index >= 15 is 0 Å². The van der Waals surface area contributed by atoms with E-state index in [-0.39, 0.29) is 0 Å². The SMILES string of the molecule is CCCC(CC)Nc1cc(N2CCc3cc(OC)cc(Cl)c32)nc(C)n1. The molecular formula is C20H27ClN4O. The Morgan fingerprint density at radius 1 is 1.27 bits per heavy atom. The summed E-state index contributed by atoms with van der Waals surface area (Å²) < 4.78 is 5.34. The highest BCUT2D eigenvalue weighted by atomic mass is 35.5. The molecule has 0 fully saturated rings. The first-order chi connectivity index (χ1) is 12.5. The minimum absolute atomic E-state index is 0.431. The average molecular weight is 375 g/mol. The van der Waals surface area contributed by atoms with E-state index in [1.54, 1.807) is 7.11 Å². The number of benzene rings is 1. The molecule has 140 valence electrons.